The second-order valence-electron chi connectivity index (χ2n) is 6.55. The van der Waals surface area contributed by atoms with Crippen LogP contribution in [0.3, 0.4) is 0 Å². The number of benzene rings is 3. The Morgan fingerprint density at radius 3 is 2.62 bits per heavy atom. The van der Waals surface area contributed by atoms with Crippen LogP contribution in [0.5, 0.6) is 0 Å². The Morgan fingerprint density at radius 2 is 1.73 bits per heavy atom. The lowest BCUT2D eigenvalue weighted by Gasteiger charge is -2.22. The second-order valence-corrected chi connectivity index (χ2v) is 6.55. The molecule has 0 radical (unpaired) electrons. The van der Waals surface area contributed by atoms with Gasteiger partial charge < -0.3 is 9.64 Å². The number of carbonyl (C=O) groups is 2. The van der Waals surface area contributed by atoms with Crippen LogP contribution in [0.1, 0.15) is 22.8 Å². The largest absolute Gasteiger partial charge is 0.452 e. The van der Waals surface area contributed by atoms with Crippen molar-refractivity contribution in [2.45, 2.75) is 19.4 Å². The Labute approximate surface area is 152 Å². The van der Waals surface area contributed by atoms with Crippen LogP contribution < -0.4 is 4.90 Å². The summed E-state index contributed by atoms with van der Waals surface area (Å²) in [4.78, 5) is 26.9. The first-order valence-corrected chi connectivity index (χ1v) is 8.70. The highest BCUT2D eigenvalue weighted by Gasteiger charge is 2.31. The lowest BCUT2D eigenvalue weighted by molar-refractivity contribution is -0.122. The molecule has 0 aromatic heterocycles. The zero-order valence-electron chi connectivity index (χ0n) is 14.5. The molecule has 3 aromatic rings. The summed E-state index contributed by atoms with van der Waals surface area (Å²) in [7, 11) is 0. The third kappa shape index (κ3) is 2.84. The van der Waals surface area contributed by atoms with Crippen LogP contribution >= 0.6 is 0 Å². The monoisotopic (exact) mass is 345 g/mol. The number of amides is 1. The lowest BCUT2D eigenvalue weighted by Crippen LogP contribution is -2.38. The molecule has 1 amide bonds. The number of fused-ring (bicyclic) bond motifs is 2. The zero-order chi connectivity index (χ0) is 18.1. The highest BCUT2D eigenvalue weighted by Crippen LogP contribution is 2.31. The van der Waals surface area contributed by atoms with Gasteiger partial charge in [-0.15, -0.1) is 0 Å². The Kier molecular flexibility index (Phi) is 4.17. The quantitative estimate of drug-likeness (QED) is 0.675. The summed E-state index contributed by atoms with van der Waals surface area (Å²) < 4.78 is 5.34. The fourth-order valence-electron chi connectivity index (χ4n) is 3.62. The smallest absolute Gasteiger partial charge is 0.339 e. The molecular formula is C22H19NO3. The minimum Gasteiger partial charge on any atom is -0.452 e. The number of ether oxygens (including phenoxy) is 1. The maximum absolute atomic E-state index is 12.7. The minimum absolute atomic E-state index is 0.0659. The lowest BCUT2D eigenvalue weighted by atomic mass is 10.1. The number of hydrogen-bond acceptors (Lipinski definition) is 3. The van der Waals surface area contributed by atoms with E-state index in [1.54, 1.807) is 11.0 Å². The molecule has 0 saturated carbocycles. The van der Waals surface area contributed by atoms with Crippen molar-refractivity contribution < 1.29 is 14.3 Å². The molecule has 0 aliphatic carbocycles. The Bertz CT molecular complexity index is 990. The SMILES string of the molecule is CC1Cc2ccccc2N1C(=O)COC(=O)c1cccc2ccccc12. The first kappa shape index (κ1) is 16.3. The molecule has 0 bridgehead atoms. The summed E-state index contributed by atoms with van der Waals surface area (Å²) in [6.07, 6.45) is 0.819. The molecule has 4 heteroatoms. The van der Waals surface area contributed by atoms with Gasteiger partial charge in [-0.25, -0.2) is 4.79 Å². The fraction of sp³-hybridized carbons (Fsp3) is 0.182. The van der Waals surface area contributed by atoms with Gasteiger partial charge in [-0.3, -0.25) is 4.79 Å². The molecule has 1 atom stereocenters. The predicted molar refractivity (Wildman–Crippen MR) is 101 cm³/mol. The molecule has 1 aliphatic rings. The van der Waals surface area contributed by atoms with E-state index in [0.717, 1.165) is 28.4 Å². The van der Waals surface area contributed by atoms with Gasteiger partial charge in [0.05, 0.1) is 5.56 Å². The van der Waals surface area contributed by atoms with Gasteiger partial charge in [0.25, 0.3) is 5.91 Å². The molecule has 0 saturated heterocycles. The molecule has 4 rings (SSSR count). The van der Waals surface area contributed by atoms with Gasteiger partial charge in [0.1, 0.15) is 0 Å². The number of para-hydroxylation sites is 1. The van der Waals surface area contributed by atoms with E-state index in [9.17, 15) is 9.59 Å². The molecule has 1 unspecified atom stereocenters. The van der Waals surface area contributed by atoms with Gasteiger partial charge in [0, 0.05) is 11.7 Å². The van der Waals surface area contributed by atoms with Crippen molar-refractivity contribution in [1.29, 1.82) is 0 Å². The molecule has 3 aromatic carbocycles. The summed E-state index contributed by atoms with van der Waals surface area (Å²) >= 11 is 0. The number of carbonyl (C=O) groups excluding carboxylic acids is 2. The first-order chi connectivity index (χ1) is 12.6. The van der Waals surface area contributed by atoms with Gasteiger partial charge >= 0.3 is 5.97 Å². The molecule has 1 aliphatic heterocycles. The summed E-state index contributed by atoms with van der Waals surface area (Å²) in [6.45, 7) is 1.74. The molecule has 130 valence electrons. The third-order valence-corrected chi connectivity index (χ3v) is 4.81. The summed E-state index contributed by atoms with van der Waals surface area (Å²) in [6, 6.07) is 21.0. The summed E-state index contributed by atoms with van der Waals surface area (Å²) in [5.74, 6) is -0.675. The van der Waals surface area contributed by atoms with Crippen LogP contribution in [0.2, 0.25) is 0 Å². The molecular weight excluding hydrogens is 326 g/mol. The van der Waals surface area contributed by atoms with Crippen molar-refractivity contribution in [3.05, 3.63) is 77.9 Å². The number of rotatable bonds is 3. The highest BCUT2D eigenvalue weighted by atomic mass is 16.5. The van der Waals surface area contributed by atoms with Crippen LogP contribution in [0.25, 0.3) is 10.8 Å². The summed E-state index contributed by atoms with van der Waals surface area (Å²) in [5.41, 5.74) is 2.53. The Morgan fingerprint density at radius 1 is 1.00 bits per heavy atom. The molecule has 0 fully saturated rings. The van der Waals surface area contributed by atoms with Crippen molar-refractivity contribution in [3.63, 3.8) is 0 Å². The van der Waals surface area contributed by atoms with Crippen molar-refractivity contribution in [3.8, 4) is 0 Å². The van der Waals surface area contributed by atoms with Crippen molar-refractivity contribution in [2.75, 3.05) is 11.5 Å². The average Bonchev–Trinajstić information content (AvgIpc) is 3.01. The van der Waals surface area contributed by atoms with E-state index in [1.807, 2.05) is 67.6 Å². The van der Waals surface area contributed by atoms with E-state index in [0.29, 0.717) is 5.56 Å². The van der Waals surface area contributed by atoms with Crippen LogP contribution in [0.4, 0.5) is 5.69 Å². The van der Waals surface area contributed by atoms with E-state index in [-0.39, 0.29) is 18.6 Å². The van der Waals surface area contributed by atoms with Gasteiger partial charge in [-0.1, -0.05) is 54.6 Å². The van der Waals surface area contributed by atoms with E-state index in [1.165, 1.54) is 0 Å². The van der Waals surface area contributed by atoms with Gasteiger partial charge in [0.2, 0.25) is 0 Å². The minimum atomic E-state index is -0.477. The number of anilines is 1. The molecule has 0 spiro atoms. The van der Waals surface area contributed by atoms with Gasteiger partial charge in [-0.05, 0) is 41.8 Å². The number of hydrogen-bond donors (Lipinski definition) is 0. The van der Waals surface area contributed by atoms with E-state index in [4.69, 9.17) is 4.74 Å². The van der Waals surface area contributed by atoms with Crippen molar-refractivity contribution >= 4 is 28.3 Å². The van der Waals surface area contributed by atoms with Crippen LogP contribution in [-0.4, -0.2) is 24.5 Å². The van der Waals surface area contributed by atoms with Gasteiger partial charge in [-0.2, -0.15) is 0 Å². The van der Waals surface area contributed by atoms with Crippen LogP contribution in [-0.2, 0) is 16.0 Å². The maximum Gasteiger partial charge on any atom is 0.339 e. The van der Waals surface area contributed by atoms with Crippen molar-refractivity contribution in [1.82, 2.24) is 0 Å². The molecule has 26 heavy (non-hydrogen) atoms. The fourth-order valence-corrected chi connectivity index (χ4v) is 3.62. The van der Waals surface area contributed by atoms with Gasteiger partial charge in [0.15, 0.2) is 6.61 Å². The van der Waals surface area contributed by atoms with Crippen LogP contribution in [0.15, 0.2) is 66.7 Å². The Hall–Kier alpha value is -3.14. The third-order valence-electron chi connectivity index (χ3n) is 4.81. The van der Waals surface area contributed by atoms with E-state index in [2.05, 4.69) is 0 Å². The molecule has 4 nitrogen and oxygen atoms in total. The highest BCUT2D eigenvalue weighted by molar-refractivity contribution is 6.05. The maximum atomic E-state index is 12.7. The standard InChI is InChI=1S/C22H19NO3/c1-15-13-17-8-3-5-12-20(17)23(15)21(24)14-26-22(25)19-11-6-9-16-7-2-4-10-18(16)19/h2-12,15H,13-14H2,1H3. The number of nitrogens with zero attached hydrogens (tertiary/aromatic N) is 1. The molecule has 0 N–H and O–H groups in total. The number of esters is 1. The predicted octanol–water partition coefficient (Wildman–Crippen LogP) is 3.97. The summed E-state index contributed by atoms with van der Waals surface area (Å²) in [5, 5.41) is 1.79. The van der Waals surface area contributed by atoms with E-state index >= 15 is 0 Å². The molecule has 1 heterocycles. The Balaban J connectivity index is 1.50. The first-order valence-electron chi connectivity index (χ1n) is 8.70. The zero-order valence-corrected chi connectivity index (χ0v) is 14.5. The van der Waals surface area contributed by atoms with Crippen molar-refractivity contribution in [2.24, 2.45) is 0 Å². The average molecular weight is 345 g/mol. The topological polar surface area (TPSA) is 46.6 Å². The normalized spacial score (nSPS) is 15.7. The second kappa shape index (κ2) is 6.64. The van der Waals surface area contributed by atoms with Crippen LogP contribution in [0, 0.1) is 0 Å². The van der Waals surface area contributed by atoms with E-state index < -0.39 is 5.97 Å².